The van der Waals surface area contributed by atoms with Crippen molar-refractivity contribution in [1.82, 2.24) is 0 Å². The molecule has 4 heteroatoms. The van der Waals surface area contributed by atoms with Crippen molar-refractivity contribution in [3.05, 3.63) is 11.4 Å². The summed E-state index contributed by atoms with van der Waals surface area (Å²) in [6.45, 7) is 9.71. The van der Waals surface area contributed by atoms with Crippen molar-refractivity contribution >= 4 is 0 Å². The second-order valence-electron chi connectivity index (χ2n) is 6.20. The van der Waals surface area contributed by atoms with Gasteiger partial charge in [0.1, 0.15) is 0 Å². The number of methoxy groups -OCH3 is 3. The van der Waals surface area contributed by atoms with Crippen molar-refractivity contribution in [3.8, 4) is 0 Å². The van der Waals surface area contributed by atoms with Gasteiger partial charge in [-0.2, -0.15) is 0 Å². The number of hydrogen-bond donors (Lipinski definition) is 0. The highest BCUT2D eigenvalue weighted by atomic mass is 16.9. The molecule has 0 saturated heterocycles. The van der Waals surface area contributed by atoms with Gasteiger partial charge in [-0.15, -0.1) is 0 Å². The molecule has 0 aliphatic rings. The van der Waals surface area contributed by atoms with Gasteiger partial charge in [-0.3, -0.25) is 0 Å². The lowest BCUT2D eigenvalue weighted by atomic mass is 9.92. The standard InChI is InChI=1S/C19H37NO3/c1-6-7-8-9-10-12-15-18(16-13-11-14-17-20-2)19(21-3,22-4)23-5/h18H,6-17H2,1,3-5H3. The lowest BCUT2D eigenvalue weighted by molar-refractivity contribution is -0.380. The largest absolute Gasteiger partial charge is 0.331 e. The zero-order chi connectivity index (χ0) is 17.4. The topological polar surface area (TPSA) is 32.0 Å². The zero-order valence-corrected chi connectivity index (χ0v) is 15.7. The van der Waals surface area contributed by atoms with Crippen LogP contribution in [0.4, 0.5) is 0 Å². The molecule has 4 nitrogen and oxygen atoms in total. The third-order valence-electron chi connectivity index (χ3n) is 4.58. The van der Waals surface area contributed by atoms with Gasteiger partial charge in [0.05, 0.1) is 0 Å². The minimum absolute atomic E-state index is 0.238. The van der Waals surface area contributed by atoms with E-state index in [-0.39, 0.29) is 5.92 Å². The average molecular weight is 328 g/mol. The van der Waals surface area contributed by atoms with E-state index in [1.807, 2.05) is 0 Å². The van der Waals surface area contributed by atoms with Gasteiger partial charge in [0, 0.05) is 33.7 Å². The molecule has 0 aromatic heterocycles. The van der Waals surface area contributed by atoms with E-state index in [1.54, 1.807) is 21.3 Å². The minimum Gasteiger partial charge on any atom is -0.331 e. The molecule has 0 saturated carbocycles. The van der Waals surface area contributed by atoms with Crippen molar-refractivity contribution < 1.29 is 14.2 Å². The Hall–Kier alpha value is -0.630. The van der Waals surface area contributed by atoms with Crippen LogP contribution in [0.1, 0.15) is 77.6 Å². The molecule has 1 atom stereocenters. The van der Waals surface area contributed by atoms with E-state index in [2.05, 4.69) is 11.8 Å². The van der Waals surface area contributed by atoms with Crippen LogP contribution in [0.25, 0.3) is 4.85 Å². The Morgan fingerprint density at radius 3 is 1.74 bits per heavy atom. The fourth-order valence-corrected chi connectivity index (χ4v) is 3.18. The average Bonchev–Trinajstić information content (AvgIpc) is 2.58. The number of ether oxygens (including phenoxy) is 3. The SMILES string of the molecule is [C-]#[N+]CCCCCC(CCCCCCCC)C(OC)(OC)OC. The summed E-state index contributed by atoms with van der Waals surface area (Å²) in [6.07, 6.45) is 13.0. The molecule has 0 N–H and O–H groups in total. The molecule has 0 amide bonds. The molecule has 0 aliphatic heterocycles. The van der Waals surface area contributed by atoms with Crippen LogP contribution in [-0.2, 0) is 14.2 Å². The minimum atomic E-state index is -0.927. The summed E-state index contributed by atoms with van der Waals surface area (Å²) in [5.41, 5.74) is 0. The van der Waals surface area contributed by atoms with Crippen LogP contribution in [0.15, 0.2) is 0 Å². The van der Waals surface area contributed by atoms with E-state index in [0.717, 1.165) is 32.1 Å². The van der Waals surface area contributed by atoms with E-state index >= 15 is 0 Å². The van der Waals surface area contributed by atoms with Crippen molar-refractivity contribution in [2.24, 2.45) is 5.92 Å². The normalized spacial score (nSPS) is 13.0. The highest BCUT2D eigenvalue weighted by Crippen LogP contribution is 2.32. The van der Waals surface area contributed by atoms with E-state index in [0.29, 0.717) is 6.54 Å². The summed E-state index contributed by atoms with van der Waals surface area (Å²) in [6, 6.07) is 0. The highest BCUT2D eigenvalue weighted by Gasteiger charge is 2.39. The summed E-state index contributed by atoms with van der Waals surface area (Å²) < 4.78 is 16.7. The summed E-state index contributed by atoms with van der Waals surface area (Å²) in [5.74, 6) is -0.690. The summed E-state index contributed by atoms with van der Waals surface area (Å²) in [4.78, 5) is 3.41. The van der Waals surface area contributed by atoms with Crippen LogP contribution in [0.3, 0.4) is 0 Å². The Labute approximate surface area is 143 Å². The van der Waals surface area contributed by atoms with Gasteiger partial charge >= 0.3 is 0 Å². The number of rotatable bonds is 16. The molecule has 0 fully saturated rings. The second kappa shape index (κ2) is 14.9. The maximum absolute atomic E-state index is 6.84. The van der Waals surface area contributed by atoms with Crippen LogP contribution < -0.4 is 0 Å². The molecule has 0 radical (unpaired) electrons. The lowest BCUT2D eigenvalue weighted by Gasteiger charge is -2.36. The molecular formula is C19H37NO3. The first-order chi connectivity index (χ1) is 11.2. The molecule has 1 unspecified atom stereocenters. The molecular weight excluding hydrogens is 290 g/mol. The maximum Gasteiger partial charge on any atom is 0.285 e. The van der Waals surface area contributed by atoms with Gasteiger partial charge in [0.15, 0.2) is 0 Å². The van der Waals surface area contributed by atoms with Gasteiger partial charge in [-0.05, 0) is 19.3 Å². The van der Waals surface area contributed by atoms with Crippen molar-refractivity contribution in [2.45, 2.75) is 83.5 Å². The van der Waals surface area contributed by atoms with Crippen molar-refractivity contribution in [1.29, 1.82) is 0 Å². The molecule has 0 aliphatic carbocycles. The highest BCUT2D eigenvalue weighted by molar-refractivity contribution is 4.72. The summed E-state index contributed by atoms with van der Waals surface area (Å²) >= 11 is 0. The fraction of sp³-hybridized carbons (Fsp3) is 0.947. The van der Waals surface area contributed by atoms with E-state index < -0.39 is 5.97 Å². The van der Waals surface area contributed by atoms with Crippen LogP contribution in [0.2, 0.25) is 0 Å². The van der Waals surface area contributed by atoms with E-state index in [4.69, 9.17) is 20.8 Å². The molecule has 0 aromatic carbocycles. The first-order valence-electron chi connectivity index (χ1n) is 9.19. The fourth-order valence-electron chi connectivity index (χ4n) is 3.18. The molecule has 0 rings (SSSR count). The molecule has 136 valence electrons. The molecule has 0 bridgehead atoms. The summed E-state index contributed by atoms with van der Waals surface area (Å²) in [7, 11) is 4.96. The number of unbranched alkanes of at least 4 members (excludes halogenated alkanes) is 7. The van der Waals surface area contributed by atoms with Crippen LogP contribution in [-0.4, -0.2) is 33.8 Å². The van der Waals surface area contributed by atoms with Gasteiger partial charge in [0.25, 0.3) is 5.97 Å². The van der Waals surface area contributed by atoms with Crippen molar-refractivity contribution in [3.63, 3.8) is 0 Å². The number of hydrogen-bond acceptors (Lipinski definition) is 3. The van der Waals surface area contributed by atoms with Crippen LogP contribution in [0.5, 0.6) is 0 Å². The van der Waals surface area contributed by atoms with Gasteiger partial charge < -0.3 is 19.1 Å². The quantitative estimate of drug-likeness (QED) is 0.215. The zero-order valence-electron chi connectivity index (χ0n) is 15.7. The van der Waals surface area contributed by atoms with Crippen molar-refractivity contribution in [2.75, 3.05) is 27.9 Å². The Bertz CT molecular complexity index is 289. The van der Waals surface area contributed by atoms with Gasteiger partial charge in [-0.25, -0.2) is 6.57 Å². The monoisotopic (exact) mass is 327 g/mol. The smallest absolute Gasteiger partial charge is 0.285 e. The van der Waals surface area contributed by atoms with E-state index in [1.165, 1.54) is 38.5 Å². The predicted molar refractivity (Wildman–Crippen MR) is 95.2 cm³/mol. The maximum atomic E-state index is 6.84. The molecule has 0 heterocycles. The Morgan fingerprint density at radius 1 is 0.783 bits per heavy atom. The van der Waals surface area contributed by atoms with Gasteiger partial charge in [0.2, 0.25) is 6.54 Å². The summed E-state index contributed by atoms with van der Waals surface area (Å²) in [5, 5.41) is 0. The Kier molecular flexibility index (Phi) is 14.5. The Balaban J connectivity index is 4.34. The number of nitrogens with zero attached hydrogens (tertiary/aromatic N) is 1. The third-order valence-corrected chi connectivity index (χ3v) is 4.58. The van der Waals surface area contributed by atoms with E-state index in [9.17, 15) is 0 Å². The first-order valence-corrected chi connectivity index (χ1v) is 9.19. The lowest BCUT2D eigenvalue weighted by Crippen LogP contribution is -2.44. The molecule has 0 spiro atoms. The third kappa shape index (κ3) is 9.30. The van der Waals surface area contributed by atoms with Gasteiger partial charge in [-0.1, -0.05) is 51.9 Å². The molecule has 0 aromatic rings. The predicted octanol–water partition coefficient (Wildman–Crippen LogP) is 5.43. The van der Waals surface area contributed by atoms with Crippen LogP contribution in [0, 0.1) is 12.5 Å². The first kappa shape index (κ1) is 22.4. The Morgan fingerprint density at radius 2 is 1.26 bits per heavy atom. The second-order valence-corrected chi connectivity index (χ2v) is 6.20. The van der Waals surface area contributed by atoms with Crippen LogP contribution >= 0.6 is 0 Å². The molecule has 23 heavy (non-hydrogen) atoms.